The zero-order valence-electron chi connectivity index (χ0n) is 12.5. The standard InChI is InChI=1S/C17H25Cl2N/c1-3-12-5-7-13(8-6-12)17(20-4-2)14-9-10-15(18)16(19)11-14/h9-13,17,20H,3-8H2,1-2H3. The summed E-state index contributed by atoms with van der Waals surface area (Å²) in [5.41, 5.74) is 1.28. The smallest absolute Gasteiger partial charge is 0.0595 e. The molecule has 0 aromatic heterocycles. The van der Waals surface area contributed by atoms with Crippen molar-refractivity contribution in [1.29, 1.82) is 0 Å². The maximum absolute atomic E-state index is 6.18. The van der Waals surface area contributed by atoms with Crippen molar-refractivity contribution in [2.24, 2.45) is 11.8 Å². The van der Waals surface area contributed by atoms with Crippen LogP contribution in [-0.4, -0.2) is 6.54 Å². The van der Waals surface area contributed by atoms with Crippen molar-refractivity contribution in [3.8, 4) is 0 Å². The van der Waals surface area contributed by atoms with E-state index in [-0.39, 0.29) is 0 Å². The van der Waals surface area contributed by atoms with E-state index in [1.165, 1.54) is 37.7 Å². The molecule has 1 aliphatic rings. The predicted octanol–water partition coefficient (Wildman–Crippen LogP) is 5.86. The number of rotatable bonds is 5. The average molecular weight is 314 g/mol. The zero-order valence-corrected chi connectivity index (χ0v) is 14.0. The summed E-state index contributed by atoms with van der Waals surface area (Å²) in [5.74, 6) is 1.65. The van der Waals surface area contributed by atoms with Crippen molar-refractivity contribution in [3.05, 3.63) is 33.8 Å². The lowest BCUT2D eigenvalue weighted by atomic mass is 9.76. The lowest BCUT2D eigenvalue weighted by molar-refractivity contribution is 0.220. The van der Waals surface area contributed by atoms with Crippen LogP contribution in [0.2, 0.25) is 10.0 Å². The van der Waals surface area contributed by atoms with E-state index < -0.39 is 0 Å². The predicted molar refractivity (Wildman–Crippen MR) is 88.6 cm³/mol. The highest BCUT2D eigenvalue weighted by molar-refractivity contribution is 6.42. The Kier molecular flexibility index (Phi) is 6.20. The van der Waals surface area contributed by atoms with Crippen LogP contribution >= 0.6 is 23.2 Å². The molecule has 1 atom stereocenters. The first-order valence-electron chi connectivity index (χ1n) is 7.84. The van der Waals surface area contributed by atoms with Crippen molar-refractivity contribution in [2.75, 3.05) is 6.54 Å². The molecule has 1 aromatic rings. The van der Waals surface area contributed by atoms with Crippen LogP contribution in [0.1, 0.15) is 57.6 Å². The molecule has 1 fully saturated rings. The lowest BCUT2D eigenvalue weighted by Gasteiger charge is -2.34. The average Bonchev–Trinajstić information content (AvgIpc) is 2.48. The van der Waals surface area contributed by atoms with Gasteiger partial charge in [0.15, 0.2) is 0 Å². The first kappa shape index (κ1) is 16.1. The van der Waals surface area contributed by atoms with E-state index in [0.717, 1.165) is 18.4 Å². The van der Waals surface area contributed by atoms with E-state index in [1.54, 1.807) is 0 Å². The van der Waals surface area contributed by atoms with Crippen molar-refractivity contribution in [1.82, 2.24) is 5.32 Å². The molecule has 0 bridgehead atoms. The highest BCUT2D eigenvalue weighted by atomic mass is 35.5. The van der Waals surface area contributed by atoms with Crippen molar-refractivity contribution < 1.29 is 0 Å². The summed E-state index contributed by atoms with van der Waals surface area (Å²) in [4.78, 5) is 0. The summed E-state index contributed by atoms with van der Waals surface area (Å²) < 4.78 is 0. The summed E-state index contributed by atoms with van der Waals surface area (Å²) in [6.45, 7) is 5.46. The van der Waals surface area contributed by atoms with Crippen molar-refractivity contribution in [3.63, 3.8) is 0 Å². The van der Waals surface area contributed by atoms with Crippen LogP contribution in [-0.2, 0) is 0 Å². The van der Waals surface area contributed by atoms with Gasteiger partial charge in [-0.3, -0.25) is 0 Å². The Hall–Kier alpha value is -0.240. The molecular formula is C17H25Cl2N. The third kappa shape index (κ3) is 3.90. The van der Waals surface area contributed by atoms with E-state index in [2.05, 4.69) is 25.2 Å². The number of halogens is 2. The monoisotopic (exact) mass is 313 g/mol. The van der Waals surface area contributed by atoms with E-state index >= 15 is 0 Å². The Morgan fingerprint density at radius 2 is 1.80 bits per heavy atom. The Bertz CT molecular complexity index is 425. The van der Waals surface area contributed by atoms with Gasteiger partial charge in [0, 0.05) is 6.04 Å². The molecule has 1 N–H and O–H groups in total. The Labute approximate surface area is 133 Å². The molecule has 1 unspecified atom stereocenters. The summed E-state index contributed by atoms with van der Waals surface area (Å²) in [6, 6.07) is 6.48. The van der Waals surface area contributed by atoms with Crippen LogP contribution < -0.4 is 5.32 Å². The topological polar surface area (TPSA) is 12.0 Å². The fourth-order valence-electron chi connectivity index (χ4n) is 3.41. The summed E-state index contributed by atoms with van der Waals surface area (Å²) in [5, 5.41) is 4.95. The molecular weight excluding hydrogens is 289 g/mol. The number of hydrogen-bond donors (Lipinski definition) is 1. The Morgan fingerprint density at radius 1 is 1.10 bits per heavy atom. The van der Waals surface area contributed by atoms with Crippen molar-refractivity contribution >= 4 is 23.2 Å². The fourth-order valence-corrected chi connectivity index (χ4v) is 3.72. The minimum absolute atomic E-state index is 0.410. The highest BCUT2D eigenvalue weighted by Crippen LogP contribution is 2.39. The minimum Gasteiger partial charge on any atom is -0.310 e. The molecule has 1 aromatic carbocycles. The largest absolute Gasteiger partial charge is 0.310 e. The van der Waals surface area contributed by atoms with Gasteiger partial charge < -0.3 is 5.32 Å². The maximum Gasteiger partial charge on any atom is 0.0595 e. The number of nitrogens with one attached hydrogen (secondary N) is 1. The van der Waals surface area contributed by atoms with Crippen LogP contribution in [0.4, 0.5) is 0 Å². The van der Waals surface area contributed by atoms with E-state index in [1.807, 2.05) is 12.1 Å². The normalized spacial score (nSPS) is 24.6. The van der Waals surface area contributed by atoms with Gasteiger partial charge >= 0.3 is 0 Å². The molecule has 2 rings (SSSR count). The van der Waals surface area contributed by atoms with Crippen LogP contribution in [0.15, 0.2) is 18.2 Å². The van der Waals surface area contributed by atoms with Crippen LogP contribution in [0, 0.1) is 11.8 Å². The molecule has 0 aliphatic heterocycles. The molecule has 0 saturated heterocycles. The summed E-state index contributed by atoms with van der Waals surface area (Å²) >= 11 is 12.2. The lowest BCUT2D eigenvalue weighted by Crippen LogP contribution is -2.31. The first-order valence-corrected chi connectivity index (χ1v) is 8.59. The molecule has 1 saturated carbocycles. The van der Waals surface area contributed by atoms with Gasteiger partial charge in [0.2, 0.25) is 0 Å². The molecule has 0 heterocycles. The van der Waals surface area contributed by atoms with Gasteiger partial charge in [0.1, 0.15) is 0 Å². The second-order valence-corrected chi connectivity index (χ2v) is 6.71. The van der Waals surface area contributed by atoms with Gasteiger partial charge in [-0.2, -0.15) is 0 Å². The summed E-state index contributed by atoms with van der Waals surface area (Å²) in [6.07, 6.45) is 6.69. The molecule has 0 spiro atoms. The minimum atomic E-state index is 0.410. The number of benzene rings is 1. The van der Waals surface area contributed by atoms with E-state index in [0.29, 0.717) is 16.1 Å². The molecule has 112 valence electrons. The summed E-state index contributed by atoms with van der Waals surface area (Å²) in [7, 11) is 0. The van der Waals surface area contributed by atoms with Crippen LogP contribution in [0.5, 0.6) is 0 Å². The van der Waals surface area contributed by atoms with Crippen LogP contribution in [0.3, 0.4) is 0 Å². The molecule has 3 heteroatoms. The van der Waals surface area contributed by atoms with E-state index in [4.69, 9.17) is 23.2 Å². The van der Waals surface area contributed by atoms with Gasteiger partial charge in [-0.1, -0.05) is 62.4 Å². The third-order valence-electron chi connectivity index (χ3n) is 4.67. The SMILES string of the molecule is CCNC(c1ccc(Cl)c(Cl)c1)C1CCC(CC)CC1. The molecule has 1 aliphatic carbocycles. The molecule has 0 amide bonds. The van der Waals surface area contributed by atoms with Gasteiger partial charge in [-0.25, -0.2) is 0 Å². The van der Waals surface area contributed by atoms with Crippen LogP contribution in [0.25, 0.3) is 0 Å². The molecule has 0 radical (unpaired) electrons. The van der Waals surface area contributed by atoms with Gasteiger partial charge in [-0.15, -0.1) is 0 Å². The molecule has 20 heavy (non-hydrogen) atoms. The van der Waals surface area contributed by atoms with Gasteiger partial charge in [-0.05, 0) is 48.9 Å². The highest BCUT2D eigenvalue weighted by Gasteiger charge is 2.27. The third-order valence-corrected chi connectivity index (χ3v) is 5.41. The Balaban J connectivity index is 2.12. The first-order chi connectivity index (χ1) is 9.65. The zero-order chi connectivity index (χ0) is 14.5. The fraction of sp³-hybridized carbons (Fsp3) is 0.647. The number of hydrogen-bond acceptors (Lipinski definition) is 1. The van der Waals surface area contributed by atoms with Gasteiger partial charge in [0.05, 0.1) is 10.0 Å². The quantitative estimate of drug-likeness (QED) is 0.717. The maximum atomic E-state index is 6.18. The second-order valence-electron chi connectivity index (χ2n) is 5.90. The second kappa shape index (κ2) is 7.68. The molecule has 1 nitrogen and oxygen atoms in total. The van der Waals surface area contributed by atoms with E-state index in [9.17, 15) is 0 Å². The van der Waals surface area contributed by atoms with Gasteiger partial charge in [0.25, 0.3) is 0 Å². The Morgan fingerprint density at radius 3 is 2.35 bits per heavy atom. The van der Waals surface area contributed by atoms with Crippen molar-refractivity contribution in [2.45, 2.75) is 52.0 Å².